The summed E-state index contributed by atoms with van der Waals surface area (Å²) in [4.78, 5) is 21.0. The summed E-state index contributed by atoms with van der Waals surface area (Å²) in [7, 11) is 0. The molecule has 0 atom stereocenters. The molecular weight excluding hydrogens is 517 g/mol. The summed E-state index contributed by atoms with van der Waals surface area (Å²) >= 11 is 6.98. The number of nitriles is 1. The van der Waals surface area contributed by atoms with Gasteiger partial charge in [0, 0.05) is 18.5 Å². The second-order valence-corrected chi connectivity index (χ2v) is 7.74. The van der Waals surface area contributed by atoms with Crippen LogP contribution in [0.4, 0.5) is 10.1 Å². The fraction of sp³-hybridized carbons (Fsp3) is 0.0909. The van der Waals surface area contributed by atoms with Crippen molar-refractivity contribution in [1.29, 1.82) is 5.26 Å². The van der Waals surface area contributed by atoms with Crippen LogP contribution in [0.3, 0.4) is 0 Å². The van der Waals surface area contributed by atoms with Crippen LogP contribution in [0, 0.1) is 17.1 Å². The van der Waals surface area contributed by atoms with Gasteiger partial charge in [0.2, 0.25) is 0 Å². The van der Waals surface area contributed by atoms with E-state index in [1.165, 1.54) is 30.0 Å². The molecule has 0 radical (unpaired) electrons. The maximum absolute atomic E-state index is 13.3. The first-order chi connectivity index (χ1) is 15.0. The van der Waals surface area contributed by atoms with Gasteiger partial charge in [0.1, 0.15) is 11.5 Å². The lowest BCUT2D eigenvalue weighted by molar-refractivity contribution is 0.0945. The molecular formula is C22H18BrClFN5OS. The molecule has 3 aromatic rings. The van der Waals surface area contributed by atoms with Crippen LogP contribution in [0.5, 0.6) is 0 Å². The highest BCUT2D eigenvalue weighted by atomic mass is 79.9. The minimum atomic E-state index is -0.529. The van der Waals surface area contributed by atoms with Crippen LogP contribution in [0.1, 0.15) is 27.2 Å². The SMILES string of the molecule is Br.N#Cc1ccc(CNC(=O)c2ncccc2CS/C(N)=N/c2ccc(F)c(Cl)c2)cc1. The van der Waals surface area contributed by atoms with Crippen molar-refractivity contribution in [1.82, 2.24) is 10.3 Å². The predicted octanol–water partition coefficient (Wildman–Crippen LogP) is 5.13. The number of hydrogen-bond acceptors (Lipinski definition) is 5. The van der Waals surface area contributed by atoms with E-state index in [1.54, 1.807) is 42.6 Å². The summed E-state index contributed by atoms with van der Waals surface area (Å²) < 4.78 is 13.3. The number of nitrogens with zero attached hydrogens (tertiary/aromatic N) is 3. The van der Waals surface area contributed by atoms with Gasteiger partial charge in [-0.25, -0.2) is 9.38 Å². The van der Waals surface area contributed by atoms with Gasteiger partial charge in [-0.2, -0.15) is 5.26 Å². The molecule has 0 aliphatic rings. The molecule has 0 fully saturated rings. The first kappa shape index (κ1) is 25.3. The molecule has 1 aromatic heterocycles. The van der Waals surface area contributed by atoms with E-state index in [2.05, 4.69) is 21.4 Å². The number of nitrogens with one attached hydrogen (secondary N) is 1. The molecule has 0 unspecified atom stereocenters. The molecule has 164 valence electrons. The van der Waals surface area contributed by atoms with Gasteiger partial charge in [0.25, 0.3) is 5.91 Å². The number of amidine groups is 1. The Morgan fingerprint density at radius 3 is 2.69 bits per heavy atom. The molecule has 6 nitrogen and oxygen atoms in total. The molecule has 3 rings (SSSR count). The van der Waals surface area contributed by atoms with Crippen LogP contribution < -0.4 is 11.1 Å². The van der Waals surface area contributed by atoms with Crippen molar-refractivity contribution in [2.75, 3.05) is 0 Å². The first-order valence-electron chi connectivity index (χ1n) is 9.09. The van der Waals surface area contributed by atoms with E-state index >= 15 is 0 Å². The van der Waals surface area contributed by atoms with Crippen LogP contribution in [-0.4, -0.2) is 16.1 Å². The Labute approximate surface area is 204 Å². The fourth-order valence-corrected chi connectivity index (χ4v) is 3.47. The van der Waals surface area contributed by atoms with Crippen molar-refractivity contribution < 1.29 is 9.18 Å². The zero-order valence-electron chi connectivity index (χ0n) is 16.6. The Morgan fingerprint density at radius 1 is 1.25 bits per heavy atom. The minimum Gasteiger partial charge on any atom is -0.378 e. The number of hydrogen-bond donors (Lipinski definition) is 2. The van der Waals surface area contributed by atoms with E-state index in [9.17, 15) is 9.18 Å². The maximum atomic E-state index is 13.3. The van der Waals surface area contributed by atoms with Crippen molar-refractivity contribution >= 4 is 57.1 Å². The molecule has 10 heteroatoms. The molecule has 3 N–H and O–H groups in total. The van der Waals surface area contributed by atoms with Gasteiger partial charge < -0.3 is 11.1 Å². The minimum absolute atomic E-state index is 0. The van der Waals surface area contributed by atoms with Crippen molar-refractivity contribution in [2.24, 2.45) is 10.7 Å². The third-order valence-electron chi connectivity index (χ3n) is 4.16. The van der Waals surface area contributed by atoms with Gasteiger partial charge in [-0.15, -0.1) is 17.0 Å². The lowest BCUT2D eigenvalue weighted by Gasteiger charge is -2.09. The lowest BCUT2D eigenvalue weighted by Crippen LogP contribution is -2.25. The average molecular weight is 535 g/mol. The zero-order chi connectivity index (χ0) is 22.2. The highest BCUT2D eigenvalue weighted by Gasteiger charge is 2.13. The molecule has 1 heterocycles. The summed E-state index contributed by atoms with van der Waals surface area (Å²) in [6.45, 7) is 0.308. The lowest BCUT2D eigenvalue weighted by atomic mass is 10.1. The summed E-state index contributed by atoms with van der Waals surface area (Å²) in [5.41, 5.74) is 8.80. The third kappa shape index (κ3) is 7.05. The van der Waals surface area contributed by atoms with E-state index in [1.807, 2.05) is 0 Å². The number of aliphatic imine (C=N–C) groups is 1. The second kappa shape index (κ2) is 12.2. The molecule has 0 saturated carbocycles. The van der Waals surface area contributed by atoms with E-state index in [0.29, 0.717) is 34.8 Å². The number of benzene rings is 2. The van der Waals surface area contributed by atoms with Gasteiger partial charge in [0.15, 0.2) is 5.17 Å². The summed E-state index contributed by atoms with van der Waals surface area (Å²) in [5.74, 6) is -0.474. The maximum Gasteiger partial charge on any atom is 0.270 e. The van der Waals surface area contributed by atoms with E-state index < -0.39 is 5.82 Å². The fourth-order valence-electron chi connectivity index (χ4n) is 2.59. The van der Waals surface area contributed by atoms with Gasteiger partial charge in [-0.05, 0) is 47.5 Å². The Kier molecular flexibility index (Phi) is 9.65. The Balaban J connectivity index is 0.00000363. The monoisotopic (exact) mass is 533 g/mol. The largest absolute Gasteiger partial charge is 0.378 e. The topological polar surface area (TPSA) is 104 Å². The molecule has 0 saturated heterocycles. The zero-order valence-corrected chi connectivity index (χ0v) is 19.9. The third-order valence-corrected chi connectivity index (χ3v) is 5.29. The van der Waals surface area contributed by atoms with Crippen molar-refractivity contribution in [3.63, 3.8) is 0 Å². The Hall–Kier alpha value is -2.93. The predicted molar refractivity (Wildman–Crippen MR) is 131 cm³/mol. The smallest absolute Gasteiger partial charge is 0.270 e. The summed E-state index contributed by atoms with van der Waals surface area (Å²) in [5, 5.41) is 11.9. The van der Waals surface area contributed by atoms with Gasteiger partial charge in [-0.3, -0.25) is 9.78 Å². The molecule has 2 aromatic carbocycles. The Morgan fingerprint density at radius 2 is 2.00 bits per heavy atom. The number of carbonyl (C=O) groups is 1. The van der Waals surface area contributed by atoms with E-state index in [0.717, 1.165) is 5.56 Å². The van der Waals surface area contributed by atoms with Crippen LogP contribution in [-0.2, 0) is 12.3 Å². The number of carbonyl (C=O) groups excluding carboxylic acids is 1. The normalized spacial score (nSPS) is 10.7. The number of rotatable bonds is 6. The average Bonchev–Trinajstić information content (AvgIpc) is 2.79. The number of aromatic nitrogens is 1. The highest BCUT2D eigenvalue weighted by Crippen LogP contribution is 2.23. The molecule has 32 heavy (non-hydrogen) atoms. The second-order valence-electron chi connectivity index (χ2n) is 6.34. The summed E-state index contributed by atoms with van der Waals surface area (Å²) in [6, 6.07) is 16.6. The van der Waals surface area contributed by atoms with Gasteiger partial charge >= 0.3 is 0 Å². The van der Waals surface area contributed by atoms with Crippen molar-refractivity contribution in [3.8, 4) is 6.07 Å². The van der Waals surface area contributed by atoms with Gasteiger partial charge in [-0.1, -0.05) is 41.6 Å². The quantitative estimate of drug-likeness (QED) is 0.337. The highest BCUT2D eigenvalue weighted by molar-refractivity contribution is 8.93. The van der Waals surface area contributed by atoms with E-state index in [-0.39, 0.29) is 33.1 Å². The number of amides is 1. The molecule has 1 amide bonds. The van der Waals surface area contributed by atoms with Crippen LogP contribution in [0.2, 0.25) is 5.02 Å². The molecule has 0 aliphatic heterocycles. The molecule has 0 spiro atoms. The standard InChI is InChI=1S/C22H17ClFN5OS.BrH/c23-18-10-17(7-8-19(18)24)29-22(26)31-13-16-2-1-9-27-20(16)21(30)28-12-15-5-3-14(11-25)4-6-15;/h1-10H,12-13H2,(H2,26,29)(H,28,30);1H. The molecule has 0 bridgehead atoms. The van der Waals surface area contributed by atoms with Crippen molar-refractivity contribution in [3.05, 3.63) is 94.0 Å². The first-order valence-corrected chi connectivity index (χ1v) is 10.5. The van der Waals surface area contributed by atoms with E-state index in [4.69, 9.17) is 22.6 Å². The van der Waals surface area contributed by atoms with Gasteiger partial charge in [0.05, 0.1) is 22.3 Å². The van der Waals surface area contributed by atoms with Crippen LogP contribution in [0.25, 0.3) is 0 Å². The summed E-state index contributed by atoms with van der Waals surface area (Å²) in [6.07, 6.45) is 1.54. The van der Waals surface area contributed by atoms with Crippen LogP contribution in [0.15, 0.2) is 65.8 Å². The number of halogens is 3. The van der Waals surface area contributed by atoms with Crippen LogP contribution >= 0.6 is 40.3 Å². The molecule has 0 aliphatic carbocycles. The van der Waals surface area contributed by atoms with Crippen molar-refractivity contribution in [2.45, 2.75) is 12.3 Å². The number of pyridine rings is 1. The number of thioether (sulfide) groups is 1. The Bertz CT molecular complexity index is 1170. The number of nitrogens with two attached hydrogens (primary N) is 1.